The third-order valence-corrected chi connectivity index (χ3v) is 3.31. The molecule has 1 aromatic rings. The van der Waals surface area contributed by atoms with Crippen LogP contribution in [0.1, 0.15) is 33.1 Å². The normalized spacial score (nSPS) is 12.2. The van der Waals surface area contributed by atoms with Gasteiger partial charge in [0.1, 0.15) is 11.6 Å². The Balaban J connectivity index is 2.80. The van der Waals surface area contributed by atoms with Gasteiger partial charge in [0.05, 0.1) is 0 Å². The molecular weight excluding hydrogens is 260 g/mol. The van der Waals surface area contributed by atoms with Crippen LogP contribution >= 0.6 is 11.8 Å². The van der Waals surface area contributed by atoms with Crippen molar-refractivity contribution in [1.82, 2.24) is 9.97 Å². The van der Waals surface area contributed by atoms with Crippen molar-refractivity contribution in [3.63, 3.8) is 0 Å². The van der Waals surface area contributed by atoms with Crippen molar-refractivity contribution in [1.29, 1.82) is 0 Å². The molecule has 0 saturated heterocycles. The van der Waals surface area contributed by atoms with Crippen LogP contribution in [0, 0.1) is 0 Å². The Morgan fingerprint density at radius 2 is 2.05 bits per heavy atom. The van der Waals surface area contributed by atoms with Crippen LogP contribution in [-0.4, -0.2) is 40.5 Å². The van der Waals surface area contributed by atoms with E-state index in [4.69, 9.17) is 5.11 Å². The lowest BCUT2D eigenvalue weighted by molar-refractivity contribution is 0.278. The van der Waals surface area contributed by atoms with Crippen LogP contribution in [0.3, 0.4) is 0 Å². The maximum Gasteiger partial charge on any atom is 0.191 e. The van der Waals surface area contributed by atoms with Gasteiger partial charge in [-0.05, 0) is 25.5 Å². The minimum absolute atomic E-state index is 0.187. The van der Waals surface area contributed by atoms with E-state index in [9.17, 15) is 0 Å². The molecule has 1 rings (SSSR count). The number of nitrogens with zero attached hydrogens (tertiary/aromatic N) is 2. The largest absolute Gasteiger partial charge is 0.396 e. The van der Waals surface area contributed by atoms with Crippen LogP contribution in [0.2, 0.25) is 0 Å². The van der Waals surface area contributed by atoms with Gasteiger partial charge in [0, 0.05) is 25.3 Å². The highest BCUT2D eigenvalue weighted by Crippen LogP contribution is 2.18. The zero-order chi connectivity index (χ0) is 14.1. The maximum atomic E-state index is 9.03. The Hall–Kier alpha value is -1.01. The molecule has 0 radical (unpaired) electrons. The van der Waals surface area contributed by atoms with Crippen LogP contribution in [0.5, 0.6) is 0 Å². The summed E-state index contributed by atoms with van der Waals surface area (Å²) in [6.07, 6.45) is 4.71. The molecule has 108 valence electrons. The number of hydrogen-bond donors (Lipinski definition) is 3. The second-order valence-corrected chi connectivity index (χ2v) is 5.09. The summed E-state index contributed by atoms with van der Waals surface area (Å²) in [5.74, 6) is 1.67. The molecule has 5 nitrogen and oxygen atoms in total. The number of aliphatic hydroxyl groups excluding tert-OH is 1. The molecule has 0 saturated carbocycles. The van der Waals surface area contributed by atoms with Gasteiger partial charge in [0.15, 0.2) is 5.16 Å². The lowest BCUT2D eigenvalue weighted by atomic mass is 10.1. The van der Waals surface area contributed by atoms with Crippen LogP contribution < -0.4 is 10.6 Å². The quantitative estimate of drug-likeness (QED) is 0.478. The average molecular weight is 284 g/mol. The minimum Gasteiger partial charge on any atom is -0.396 e. The van der Waals surface area contributed by atoms with E-state index in [0.29, 0.717) is 0 Å². The smallest absolute Gasteiger partial charge is 0.191 e. The van der Waals surface area contributed by atoms with E-state index in [1.807, 2.05) is 12.3 Å². The molecule has 0 aromatic carbocycles. The molecule has 1 unspecified atom stereocenters. The van der Waals surface area contributed by atoms with Crippen molar-refractivity contribution < 1.29 is 5.11 Å². The Labute approximate surface area is 119 Å². The Bertz CT molecular complexity index is 376. The van der Waals surface area contributed by atoms with Gasteiger partial charge in [-0.25, -0.2) is 9.97 Å². The van der Waals surface area contributed by atoms with Crippen molar-refractivity contribution in [2.75, 3.05) is 30.0 Å². The molecule has 0 spiro atoms. The molecule has 0 bridgehead atoms. The van der Waals surface area contributed by atoms with Crippen molar-refractivity contribution in [3.05, 3.63) is 6.07 Å². The minimum atomic E-state index is 0.187. The summed E-state index contributed by atoms with van der Waals surface area (Å²) in [4.78, 5) is 8.87. The third-order valence-electron chi connectivity index (χ3n) is 2.77. The molecule has 0 fully saturated rings. The summed E-state index contributed by atoms with van der Waals surface area (Å²) in [6, 6.07) is 2.17. The fourth-order valence-electron chi connectivity index (χ4n) is 1.68. The first-order chi connectivity index (χ1) is 9.23. The van der Waals surface area contributed by atoms with E-state index in [1.54, 1.807) is 0 Å². The number of anilines is 2. The van der Waals surface area contributed by atoms with Gasteiger partial charge in [-0.2, -0.15) is 0 Å². The second kappa shape index (κ2) is 8.98. The lowest BCUT2D eigenvalue weighted by Crippen LogP contribution is -2.21. The topological polar surface area (TPSA) is 70.1 Å². The highest BCUT2D eigenvalue weighted by Gasteiger charge is 2.09. The van der Waals surface area contributed by atoms with E-state index in [2.05, 4.69) is 34.4 Å². The monoisotopic (exact) mass is 284 g/mol. The Morgan fingerprint density at radius 1 is 1.32 bits per heavy atom. The van der Waals surface area contributed by atoms with Gasteiger partial charge in [0.25, 0.3) is 0 Å². The van der Waals surface area contributed by atoms with E-state index < -0.39 is 0 Å². The summed E-state index contributed by atoms with van der Waals surface area (Å²) in [5, 5.41) is 16.4. The summed E-state index contributed by atoms with van der Waals surface area (Å²) in [5.41, 5.74) is 0. The fraction of sp³-hybridized carbons (Fsp3) is 0.692. The van der Waals surface area contributed by atoms with Gasteiger partial charge < -0.3 is 15.7 Å². The lowest BCUT2D eigenvalue weighted by Gasteiger charge is -2.17. The van der Waals surface area contributed by atoms with Crippen LogP contribution in [0.15, 0.2) is 11.2 Å². The number of nitrogens with one attached hydrogen (secondary N) is 2. The van der Waals surface area contributed by atoms with Crippen molar-refractivity contribution in [2.45, 2.75) is 44.3 Å². The van der Waals surface area contributed by atoms with Crippen LogP contribution in [0.4, 0.5) is 11.6 Å². The van der Waals surface area contributed by atoms with Gasteiger partial charge in [-0.1, -0.05) is 25.6 Å². The molecule has 19 heavy (non-hydrogen) atoms. The number of aromatic nitrogens is 2. The molecule has 0 aliphatic rings. The summed E-state index contributed by atoms with van der Waals surface area (Å²) >= 11 is 1.53. The van der Waals surface area contributed by atoms with Gasteiger partial charge in [-0.15, -0.1) is 0 Å². The first-order valence-corrected chi connectivity index (χ1v) is 8.00. The molecule has 0 aliphatic heterocycles. The van der Waals surface area contributed by atoms with Gasteiger partial charge >= 0.3 is 0 Å². The summed E-state index contributed by atoms with van der Waals surface area (Å²) in [6.45, 7) is 5.31. The zero-order valence-corrected chi connectivity index (χ0v) is 12.8. The number of thioether (sulfide) groups is 1. The molecule has 0 amide bonds. The number of aliphatic hydroxyl groups is 1. The first-order valence-electron chi connectivity index (χ1n) is 6.77. The molecular formula is C13H24N4OS. The van der Waals surface area contributed by atoms with Crippen molar-refractivity contribution in [2.24, 2.45) is 0 Å². The SMILES string of the molecule is CCCNc1cc(NC(CC)CCO)nc(SC)n1. The van der Waals surface area contributed by atoms with Crippen LogP contribution in [-0.2, 0) is 0 Å². The van der Waals surface area contributed by atoms with Crippen molar-refractivity contribution >= 4 is 23.4 Å². The molecule has 1 aromatic heterocycles. The van der Waals surface area contributed by atoms with Crippen LogP contribution in [0.25, 0.3) is 0 Å². The third kappa shape index (κ3) is 5.65. The maximum absolute atomic E-state index is 9.03. The highest BCUT2D eigenvalue weighted by atomic mass is 32.2. The van der Waals surface area contributed by atoms with Gasteiger partial charge in [0.2, 0.25) is 0 Å². The first kappa shape index (κ1) is 16.0. The standard InChI is InChI=1S/C13H24N4OS/c1-4-7-14-11-9-12(17-13(16-11)19-3)15-10(5-2)6-8-18/h9-10,18H,4-8H2,1-3H3,(H2,14,15,16,17). The average Bonchev–Trinajstić information content (AvgIpc) is 2.44. The molecule has 3 N–H and O–H groups in total. The van der Waals surface area contributed by atoms with E-state index in [-0.39, 0.29) is 12.6 Å². The van der Waals surface area contributed by atoms with E-state index in [0.717, 1.165) is 42.6 Å². The Morgan fingerprint density at radius 3 is 2.63 bits per heavy atom. The zero-order valence-electron chi connectivity index (χ0n) is 11.9. The van der Waals surface area contributed by atoms with Gasteiger partial charge in [-0.3, -0.25) is 0 Å². The molecule has 6 heteroatoms. The highest BCUT2D eigenvalue weighted by molar-refractivity contribution is 7.98. The second-order valence-electron chi connectivity index (χ2n) is 4.31. The van der Waals surface area contributed by atoms with E-state index >= 15 is 0 Å². The predicted octanol–water partition coefficient (Wildman–Crippen LogP) is 2.59. The summed E-state index contributed by atoms with van der Waals surface area (Å²) in [7, 11) is 0. The summed E-state index contributed by atoms with van der Waals surface area (Å²) < 4.78 is 0. The predicted molar refractivity (Wildman–Crippen MR) is 82.0 cm³/mol. The molecule has 0 aliphatic carbocycles. The number of hydrogen-bond acceptors (Lipinski definition) is 6. The molecule has 1 heterocycles. The van der Waals surface area contributed by atoms with Crippen molar-refractivity contribution in [3.8, 4) is 0 Å². The number of rotatable bonds is 9. The fourth-order valence-corrected chi connectivity index (χ4v) is 2.06. The Kier molecular flexibility index (Phi) is 7.59. The molecule has 1 atom stereocenters. The van der Waals surface area contributed by atoms with E-state index in [1.165, 1.54) is 11.8 Å².